The molecule has 7 rings (SSSR count). The molecular formula is C42H68O14. The van der Waals surface area contributed by atoms with Crippen molar-refractivity contribution >= 4 is 5.97 Å². The first-order valence-electron chi connectivity index (χ1n) is 20.9. The van der Waals surface area contributed by atoms with Crippen molar-refractivity contribution in [2.45, 2.75) is 180 Å². The number of rotatable bonds is 7. The molecule has 0 radical (unpaired) electrons. The van der Waals surface area contributed by atoms with Crippen LogP contribution in [-0.4, -0.2) is 139 Å². The minimum Gasteiger partial charge on any atom is -0.479 e. The first kappa shape index (κ1) is 42.8. The van der Waals surface area contributed by atoms with E-state index in [9.17, 15) is 50.8 Å². The van der Waals surface area contributed by atoms with Crippen LogP contribution >= 0.6 is 0 Å². The Kier molecular flexibility index (Phi) is 11.0. The van der Waals surface area contributed by atoms with Crippen molar-refractivity contribution in [1.82, 2.24) is 0 Å². The third-order valence-corrected chi connectivity index (χ3v) is 17.3. The monoisotopic (exact) mass is 796 g/mol. The number of fused-ring (bicyclic) bond motifs is 7. The molecule has 0 aromatic rings. The molecule has 320 valence electrons. The van der Waals surface area contributed by atoms with Gasteiger partial charge in [-0.05, 0) is 103 Å². The van der Waals surface area contributed by atoms with Crippen molar-refractivity contribution in [3.05, 3.63) is 11.6 Å². The van der Waals surface area contributed by atoms with Gasteiger partial charge in [-0.15, -0.1) is 0 Å². The Morgan fingerprint density at radius 2 is 1.43 bits per heavy atom. The molecule has 2 aliphatic heterocycles. The SMILES string of the molecule is CC1(C)CCC2(COC3OC(CO)C(O)C(O)C3O)C(O)CC3(C)C(=CCC4C5(C)CCC(OC6OC(C(=O)O)C(O)C(O)C6O)C(C)(C)C5CCC43C)C2C1. The van der Waals surface area contributed by atoms with Gasteiger partial charge in [0.15, 0.2) is 18.7 Å². The summed E-state index contributed by atoms with van der Waals surface area (Å²) in [6.07, 6.45) is -6.81. The lowest BCUT2D eigenvalue weighted by Crippen LogP contribution is -2.68. The third-order valence-electron chi connectivity index (χ3n) is 17.3. The van der Waals surface area contributed by atoms with Crippen LogP contribution in [0.5, 0.6) is 0 Å². The van der Waals surface area contributed by atoms with Crippen molar-refractivity contribution < 1.29 is 69.7 Å². The van der Waals surface area contributed by atoms with Gasteiger partial charge in [-0.25, -0.2) is 4.79 Å². The van der Waals surface area contributed by atoms with Crippen LogP contribution in [0.3, 0.4) is 0 Å². The average molecular weight is 797 g/mol. The van der Waals surface area contributed by atoms with E-state index in [1.54, 1.807) is 0 Å². The summed E-state index contributed by atoms with van der Waals surface area (Å²) >= 11 is 0. The van der Waals surface area contributed by atoms with E-state index in [0.29, 0.717) is 19.3 Å². The second-order valence-corrected chi connectivity index (χ2v) is 20.9. The van der Waals surface area contributed by atoms with Gasteiger partial charge in [-0.2, -0.15) is 0 Å². The van der Waals surface area contributed by atoms with Gasteiger partial charge < -0.3 is 64.9 Å². The first-order valence-corrected chi connectivity index (χ1v) is 20.9. The van der Waals surface area contributed by atoms with Crippen LogP contribution in [0.2, 0.25) is 0 Å². The summed E-state index contributed by atoms with van der Waals surface area (Å²) in [6, 6.07) is 0. The highest BCUT2D eigenvalue weighted by Crippen LogP contribution is 2.76. The molecule has 0 bridgehead atoms. The van der Waals surface area contributed by atoms with Crippen molar-refractivity contribution in [3.63, 3.8) is 0 Å². The summed E-state index contributed by atoms with van der Waals surface area (Å²) < 4.78 is 24.0. The van der Waals surface area contributed by atoms with E-state index < -0.39 is 97.0 Å². The Labute approximate surface area is 330 Å². The molecule has 6 fully saturated rings. The lowest BCUT2D eigenvalue weighted by atomic mass is 9.33. The number of carboxylic acid groups (broad SMARTS) is 1. The van der Waals surface area contributed by atoms with E-state index in [0.717, 1.165) is 38.5 Å². The smallest absolute Gasteiger partial charge is 0.335 e. The van der Waals surface area contributed by atoms with Crippen LogP contribution in [0.1, 0.15) is 106 Å². The summed E-state index contributed by atoms with van der Waals surface area (Å²) in [4.78, 5) is 11.8. The minimum absolute atomic E-state index is 0.00809. The van der Waals surface area contributed by atoms with Gasteiger partial charge in [0.1, 0.15) is 42.7 Å². The summed E-state index contributed by atoms with van der Waals surface area (Å²) in [5.74, 6) is -0.987. The Hall–Kier alpha value is -1.27. The van der Waals surface area contributed by atoms with E-state index in [-0.39, 0.29) is 46.0 Å². The zero-order valence-electron chi connectivity index (χ0n) is 34.1. The molecular weight excluding hydrogens is 728 g/mol. The molecule has 56 heavy (non-hydrogen) atoms. The number of allylic oxidation sites excluding steroid dienone is 2. The van der Waals surface area contributed by atoms with Crippen LogP contribution in [0, 0.1) is 50.2 Å². The fourth-order valence-corrected chi connectivity index (χ4v) is 13.7. The normalized spacial score (nSPS) is 53.8. The second-order valence-electron chi connectivity index (χ2n) is 20.9. The van der Waals surface area contributed by atoms with Crippen molar-refractivity contribution in [1.29, 1.82) is 0 Å². The molecule has 14 heteroatoms. The number of carboxylic acids is 1. The van der Waals surface area contributed by atoms with Crippen LogP contribution in [-0.2, 0) is 23.7 Å². The van der Waals surface area contributed by atoms with E-state index in [1.165, 1.54) is 5.57 Å². The van der Waals surface area contributed by atoms with Crippen molar-refractivity contribution in [2.75, 3.05) is 13.2 Å². The number of aliphatic hydroxyl groups is 8. The third kappa shape index (κ3) is 6.29. The molecule has 7 aliphatic rings. The zero-order chi connectivity index (χ0) is 41.1. The highest BCUT2D eigenvalue weighted by molar-refractivity contribution is 5.73. The van der Waals surface area contributed by atoms with Gasteiger partial charge in [-0.3, -0.25) is 0 Å². The maximum atomic E-state index is 12.5. The molecule has 2 saturated heterocycles. The van der Waals surface area contributed by atoms with E-state index >= 15 is 0 Å². The number of carbonyl (C=O) groups is 1. The largest absolute Gasteiger partial charge is 0.479 e. The first-order chi connectivity index (χ1) is 26.0. The number of hydrogen-bond acceptors (Lipinski definition) is 13. The maximum Gasteiger partial charge on any atom is 0.335 e. The molecule has 4 saturated carbocycles. The molecule has 5 aliphatic carbocycles. The number of hydrogen-bond donors (Lipinski definition) is 9. The van der Waals surface area contributed by atoms with Crippen LogP contribution < -0.4 is 0 Å². The van der Waals surface area contributed by atoms with Gasteiger partial charge in [0.25, 0.3) is 0 Å². The molecule has 0 aromatic heterocycles. The Bertz CT molecular complexity index is 1520. The fraction of sp³-hybridized carbons (Fsp3) is 0.929. The lowest BCUT2D eigenvalue weighted by molar-refractivity contribution is -0.324. The van der Waals surface area contributed by atoms with Crippen molar-refractivity contribution in [3.8, 4) is 0 Å². The minimum atomic E-state index is -1.79. The standard InChI is InChI=1S/C42H68O14/c1-37(2)14-15-42(19-53-35-31(49)28(46)27(45)22(18-43)54-35)21(16-37)20-8-9-24-39(5)12-11-26(55-36-32(50)29(47)30(48)33(56-36)34(51)52)38(3,4)23(39)10-13-40(24,6)41(20,7)17-25(42)44/h8,21-33,35-36,43-50H,9-19H2,1-7H3,(H,51,52). The quantitative estimate of drug-likeness (QED) is 0.132. The summed E-state index contributed by atoms with van der Waals surface area (Å²) in [5.41, 5.74) is -0.347. The molecule has 19 atom stereocenters. The summed E-state index contributed by atoms with van der Waals surface area (Å²) in [7, 11) is 0. The highest BCUT2D eigenvalue weighted by atomic mass is 16.7. The van der Waals surface area contributed by atoms with E-state index in [1.807, 2.05) is 0 Å². The van der Waals surface area contributed by atoms with Crippen molar-refractivity contribution in [2.24, 2.45) is 50.2 Å². The lowest BCUT2D eigenvalue weighted by Gasteiger charge is -2.72. The predicted molar refractivity (Wildman–Crippen MR) is 199 cm³/mol. The topological polar surface area (TPSA) is 236 Å². The van der Waals surface area contributed by atoms with Crippen LogP contribution in [0.15, 0.2) is 11.6 Å². The zero-order valence-corrected chi connectivity index (χ0v) is 34.1. The van der Waals surface area contributed by atoms with Gasteiger partial charge in [0.2, 0.25) is 0 Å². The fourth-order valence-electron chi connectivity index (χ4n) is 13.7. The summed E-state index contributed by atoms with van der Waals surface area (Å²) in [6.45, 7) is 15.6. The van der Waals surface area contributed by atoms with Gasteiger partial charge in [-0.1, -0.05) is 60.1 Å². The second kappa shape index (κ2) is 14.4. The number of ether oxygens (including phenoxy) is 4. The van der Waals surface area contributed by atoms with E-state index in [2.05, 4.69) is 54.5 Å². The van der Waals surface area contributed by atoms with Gasteiger partial charge in [0, 0.05) is 5.41 Å². The van der Waals surface area contributed by atoms with E-state index in [4.69, 9.17) is 18.9 Å². The predicted octanol–water partition coefficient (Wildman–Crippen LogP) is 1.85. The van der Waals surface area contributed by atoms with Gasteiger partial charge in [0.05, 0.1) is 25.4 Å². The van der Waals surface area contributed by atoms with Crippen LogP contribution in [0.25, 0.3) is 0 Å². The molecule has 0 spiro atoms. The number of aliphatic carboxylic acids is 1. The molecule has 2 heterocycles. The Balaban J connectivity index is 1.16. The molecule has 0 amide bonds. The molecule has 14 nitrogen and oxygen atoms in total. The summed E-state index contributed by atoms with van der Waals surface area (Å²) in [5, 5.41) is 95.1. The molecule has 9 N–H and O–H groups in total. The highest BCUT2D eigenvalue weighted by Gasteiger charge is 2.70. The maximum absolute atomic E-state index is 12.5. The van der Waals surface area contributed by atoms with Gasteiger partial charge >= 0.3 is 5.97 Å². The Morgan fingerprint density at radius 3 is 2.09 bits per heavy atom. The van der Waals surface area contributed by atoms with Crippen LogP contribution in [0.4, 0.5) is 0 Å². The molecule has 19 unspecified atom stereocenters. The average Bonchev–Trinajstić information content (AvgIpc) is 3.12. The Morgan fingerprint density at radius 1 is 0.768 bits per heavy atom. The number of aliphatic hydroxyl groups excluding tert-OH is 8. The molecule has 0 aromatic carbocycles.